The van der Waals surface area contributed by atoms with Gasteiger partial charge in [0.1, 0.15) is 11.3 Å². The van der Waals surface area contributed by atoms with Crippen molar-refractivity contribution in [1.29, 1.82) is 0 Å². The predicted molar refractivity (Wildman–Crippen MR) is 99.7 cm³/mol. The molecule has 1 fully saturated rings. The molecule has 3 rings (SSSR count). The van der Waals surface area contributed by atoms with Crippen LogP contribution in [0.4, 0.5) is 11.4 Å². The topological polar surface area (TPSA) is 49.4 Å². The molecule has 0 bridgehead atoms. The van der Waals surface area contributed by atoms with Gasteiger partial charge in [0.25, 0.3) is 0 Å². The standard InChI is InChI=1S/C18H17ClN2O2S/c1-12-2-8-15(9-3-12)21-17(23)11-24-18(21)13-4-6-14(7-5-13)20-16(22)10-19/h2-9,18H,10-11H2,1H3,(H,20,22). The van der Waals surface area contributed by atoms with Gasteiger partial charge in [0.15, 0.2) is 0 Å². The number of carbonyl (C=O) groups excluding carboxylic acids is 2. The summed E-state index contributed by atoms with van der Waals surface area (Å²) in [4.78, 5) is 25.5. The minimum atomic E-state index is -0.240. The maximum atomic E-state index is 12.3. The predicted octanol–water partition coefficient (Wildman–Crippen LogP) is 3.95. The van der Waals surface area contributed by atoms with Gasteiger partial charge in [-0.2, -0.15) is 0 Å². The summed E-state index contributed by atoms with van der Waals surface area (Å²) in [6.07, 6.45) is 0. The Morgan fingerprint density at radius 1 is 1.21 bits per heavy atom. The SMILES string of the molecule is Cc1ccc(N2C(=O)CSC2c2ccc(NC(=O)CCl)cc2)cc1. The number of carbonyl (C=O) groups is 2. The third kappa shape index (κ3) is 3.57. The van der Waals surface area contributed by atoms with Crippen LogP contribution in [0, 0.1) is 6.92 Å². The molecular weight excluding hydrogens is 344 g/mol. The molecular formula is C18H17ClN2O2S. The Labute approximate surface area is 150 Å². The molecule has 4 nitrogen and oxygen atoms in total. The Balaban J connectivity index is 1.83. The van der Waals surface area contributed by atoms with E-state index in [-0.39, 0.29) is 23.1 Å². The molecule has 2 amide bonds. The second kappa shape index (κ2) is 7.28. The minimum absolute atomic E-state index is 0.0574. The van der Waals surface area contributed by atoms with Crippen LogP contribution in [0.2, 0.25) is 0 Å². The maximum absolute atomic E-state index is 12.3. The molecule has 0 aromatic heterocycles. The van der Waals surface area contributed by atoms with Gasteiger partial charge in [-0.1, -0.05) is 29.8 Å². The lowest BCUT2D eigenvalue weighted by atomic mass is 10.1. The van der Waals surface area contributed by atoms with Gasteiger partial charge >= 0.3 is 0 Å². The van der Waals surface area contributed by atoms with Crippen LogP contribution < -0.4 is 10.2 Å². The number of halogens is 1. The Kier molecular flexibility index (Phi) is 5.11. The first-order valence-electron chi connectivity index (χ1n) is 7.54. The lowest BCUT2D eigenvalue weighted by Gasteiger charge is -2.24. The summed E-state index contributed by atoms with van der Waals surface area (Å²) in [6.45, 7) is 2.02. The molecule has 0 saturated carbocycles. The third-order valence-corrected chi connectivity index (χ3v) is 5.24. The maximum Gasteiger partial charge on any atom is 0.239 e. The minimum Gasteiger partial charge on any atom is -0.325 e. The number of thioether (sulfide) groups is 1. The monoisotopic (exact) mass is 360 g/mol. The summed E-state index contributed by atoms with van der Waals surface area (Å²) in [5, 5.41) is 2.65. The molecule has 1 atom stereocenters. The number of alkyl halides is 1. The Morgan fingerprint density at radius 3 is 2.50 bits per heavy atom. The number of hydrogen-bond donors (Lipinski definition) is 1. The molecule has 124 valence electrons. The molecule has 0 spiro atoms. The van der Waals surface area contributed by atoms with Crippen LogP contribution in [0.25, 0.3) is 0 Å². The Morgan fingerprint density at radius 2 is 1.88 bits per heavy atom. The fraction of sp³-hybridized carbons (Fsp3) is 0.222. The van der Waals surface area contributed by atoms with Crippen LogP contribution in [-0.2, 0) is 9.59 Å². The molecule has 0 radical (unpaired) electrons. The lowest BCUT2D eigenvalue weighted by Crippen LogP contribution is -2.27. The second-order valence-electron chi connectivity index (χ2n) is 5.57. The van der Waals surface area contributed by atoms with Crippen LogP contribution in [0.5, 0.6) is 0 Å². The first-order chi connectivity index (χ1) is 11.6. The van der Waals surface area contributed by atoms with Crippen molar-refractivity contribution in [2.45, 2.75) is 12.3 Å². The van der Waals surface area contributed by atoms with E-state index in [1.54, 1.807) is 11.8 Å². The second-order valence-corrected chi connectivity index (χ2v) is 6.90. The molecule has 2 aromatic rings. The van der Waals surface area contributed by atoms with Gasteiger partial charge in [-0.25, -0.2) is 0 Å². The summed E-state index contributed by atoms with van der Waals surface area (Å²) in [5.74, 6) is 0.253. The smallest absolute Gasteiger partial charge is 0.239 e. The number of aryl methyl sites for hydroxylation is 1. The highest BCUT2D eigenvalue weighted by atomic mass is 35.5. The fourth-order valence-electron chi connectivity index (χ4n) is 2.58. The van der Waals surface area contributed by atoms with Crippen molar-refractivity contribution in [2.24, 2.45) is 0 Å². The van der Waals surface area contributed by atoms with E-state index in [1.807, 2.05) is 60.4 Å². The highest BCUT2D eigenvalue weighted by molar-refractivity contribution is 8.00. The number of anilines is 2. The van der Waals surface area contributed by atoms with E-state index in [9.17, 15) is 9.59 Å². The van der Waals surface area contributed by atoms with Gasteiger partial charge in [0.2, 0.25) is 11.8 Å². The molecule has 6 heteroatoms. The van der Waals surface area contributed by atoms with Crippen LogP contribution in [0.15, 0.2) is 48.5 Å². The van der Waals surface area contributed by atoms with Gasteiger partial charge in [0.05, 0.1) is 5.75 Å². The highest BCUT2D eigenvalue weighted by Crippen LogP contribution is 2.41. The molecule has 2 aromatic carbocycles. The zero-order valence-corrected chi connectivity index (χ0v) is 14.7. The summed E-state index contributed by atoms with van der Waals surface area (Å²) in [7, 11) is 0. The average Bonchev–Trinajstić information content (AvgIpc) is 2.98. The van der Waals surface area contributed by atoms with Crippen molar-refractivity contribution in [2.75, 3.05) is 21.8 Å². The largest absolute Gasteiger partial charge is 0.325 e. The van der Waals surface area contributed by atoms with Gasteiger partial charge in [0, 0.05) is 11.4 Å². The van der Waals surface area contributed by atoms with Gasteiger partial charge < -0.3 is 5.32 Å². The number of rotatable bonds is 4. The quantitative estimate of drug-likeness (QED) is 0.840. The van der Waals surface area contributed by atoms with E-state index in [1.165, 1.54) is 0 Å². The first-order valence-corrected chi connectivity index (χ1v) is 9.13. The van der Waals surface area contributed by atoms with Crippen LogP contribution in [0.1, 0.15) is 16.5 Å². The number of hydrogen-bond acceptors (Lipinski definition) is 3. The van der Waals surface area contributed by atoms with Crippen molar-refractivity contribution in [3.63, 3.8) is 0 Å². The molecule has 1 N–H and O–H groups in total. The summed E-state index contributed by atoms with van der Waals surface area (Å²) in [5.41, 5.74) is 3.78. The van der Waals surface area contributed by atoms with Crippen molar-refractivity contribution < 1.29 is 9.59 Å². The van der Waals surface area contributed by atoms with Gasteiger partial charge in [-0.15, -0.1) is 23.4 Å². The number of benzene rings is 2. The molecule has 1 unspecified atom stereocenters. The lowest BCUT2D eigenvalue weighted by molar-refractivity contribution is -0.116. The molecule has 1 saturated heterocycles. The van der Waals surface area contributed by atoms with E-state index in [2.05, 4.69) is 5.32 Å². The van der Waals surface area contributed by atoms with Crippen LogP contribution >= 0.6 is 23.4 Å². The number of amides is 2. The molecule has 0 aliphatic carbocycles. The summed E-state index contributed by atoms with van der Waals surface area (Å²) < 4.78 is 0. The Bertz CT molecular complexity index is 747. The van der Waals surface area contributed by atoms with Crippen molar-refractivity contribution in [3.8, 4) is 0 Å². The molecule has 1 aliphatic heterocycles. The third-order valence-electron chi connectivity index (χ3n) is 3.78. The fourth-order valence-corrected chi connectivity index (χ4v) is 3.82. The van der Waals surface area contributed by atoms with E-state index in [4.69, 9.17) is 11.6 Å². The molecule has 1 heterocycles. The number of nitrogens with one attached hydrogen (secondary N) is 1. The van der Waals surface area contributed by atoms with E-state index in [0.29, 0.717) is 11.4 Å². The zero-order chi connectivity index (χ0) is 17.1. The highest BCUT2D eigenvalue weighted by Gasteiger charge is 2.33. The Hall–Kier alpha value is -1.98. The first kappa shape index (κ1) is 16.9. The number of nitrogens with zero attached hydrogens (tertiary/aromatic N) is 1. The van der Waals surface area contributed by atoms with E-state index in [0.717, 1.165) is 16.8 Å². The van der Waals surface area contributed by atoms with Crippen molar-refractivity contribution >= 4 is 46.6 Å². The van der Waals surface area contributed by atoms with Gasteiger partial charge in [-0.05, 0) is 36.8 Å². The summed E-state index contributed by atoms with van der Waals surface area (Å²) in [6, 6.07) is 15.5. The average molecular weight is 361 g/mol. The van der Waals surface area contributed by atoms with E-state index < -0.39 is 0 Å². The van der Waals surface area contributed by atoms with E-state index >= 15 is 0 Å². The zero-order valence-electron chi connectivity index (χ0n) is 13.2. The molecule has 24 heavy (non-hydrogen) atoms. The summed E-state index contributed by atoms with van der Waals surface area (Å²) >= 11 is 7.09. The van der Waals surface area contributed by atoms with Gasteiger partial charge in [-0.3, -0.25) is 14.5 Å². The van der Waals surface area contributed by atoms with Crippen LogP contribution in [0.3, 0.4) is 0 Å². The van der Waals surface area contributed by atoms with Crippen LogP contribution in [-0.4, -0.2) is 23.4 Å². The van der Waals surface area contributed by atoms with Crippen molar-refractivity contribution in [1.82, 2.24) is 0 Å². The van der Waals surface area contributed by atoms with Crippen molar-refractivity contribution in [3.05, 3.63) is 59.7 Å². The molecule has 1 aliphatic rings. The normalized spacial score (nSPS) is 17.2.